The average molecular weight is 983 g/mol. The Morgan fingerprint density at radius 1 is 0.690 bits per heavy atom. The number of carbonyl (C=O) groups excluding carboxylic acids is 3. The minimum Gasteiger partial charge on any atom is -0.494 e. The van der Waals surface area contributed by atoms with Crippen LogP contribution in [0.25, 0.3) is 22.0 Å². The van der Waals surface area contributed by atoms with Crippen LogP contribution in [-0.4, -0.2) is 56.4 Å². The van der Waals surface area contributed by atoms with Crippen molar-refractivity contribution in [3.05, 3.63) is 104 Å². The number of carbonyl (C=O) groups is 3. The van der Waals surface area contributed by atoms with E-state index in [4.69, 9.17) is 0 Å². The molecule has 8 heterocycles. The summed E-state index contributed by atoms with van der Waals surface area (Å²) in [5, 5.41) is 14.0. The van der Waals surface area contributed by atoms with E-state index >= 15 is 0 Å². The van der Waals surface area contributed by atoms with Crippen molar-refractivity contribution in [3.8, 4) is 16.5 Å². The molecular formula is C44H46Br2N4O4S4. The number of unbranched alkanes of at least 4 members (excludes halogenated alkanes) is 2. The van der Waals surface area contributed by atoms with Gasteiger partial charge in [0.2, 0.25) is 0 Å². The van der Waals surface area contributed by atoms with Gasteiger partial charge in [0, 0.05) is 13.1 Å². The molecule has 0 saturated heterocycles. The minimum absolute atomic E-state index is 0.00130. The van der Waals surface area contributed by atoms with Gasteiger partial charge in [0.1, 0.15) is 0 Å². The first-order valence-electron chi connectivity index (χ1n) is 19.9. The van der Waals surface area contributed by atoms with Crippen molar-refractivity contribution in [2.24, 2.45) is 16.8 Å². The Balaban J connectivity index is 0.000000212. The van der Waals surface area contributed by atoms with Crippen molar-refractivity contribution in [3.63, 3.8) is 0 Å². The number of amides is 3. The maximum Gasteiger partial charge on any atom is 0.280 e. The minimum atomic E-state index is -0.302. The maximum absolute atomic E-state index is 14.3. The molecule has 304 valence electrons. The average Bonchev–Trinajstić information content (AvgIpc) is 4.08. The number of hydrogen-bond donors (Lipinski definition) is 2. The van der Waals surface area contributed by atoms with Gasteiger partial charge in [0.25, 0.3) is 17.7 Å². The summed E-state index contributed by atoms with van der Waals surface area (Å²) < 4.78 is 2.00. The lowest BCUT2D eigenvalue weighted by Gasteiger charge is -2.29. The summed E-state index contributed by atoms with van der Waals surface area (Å²) in [6.07, 6.45) is 8.79. The van der Waals surface area contributed by atoms with Gasteiger partial charge in [-0.25, -0.2) is 4.99 Å². The van der Waals surface area contributed by atoms with Crippen molar-refractivity contribution in [2.45, 2.75) is 79.1 Å². The van der Waals surface area contributed by atoms with Crippen LogP contribution in [0.2, 0.25) is 0 Å². The summed E-state index contributed by atoms with van der Waals surface area (Å²) in [5.74, 6) is 0.463. The summed E-state index contributed by atoms with van der Waals surface area (Å²) in [6, 6.07) is 15.7. The highest BCUT2D eigenvalue weighted by atomic mass is 79.9. The first-order chi connectivity index (χ1) is 28.1. The first-order valence-corrected chi connectivity index (χ1v) is 24.9. The molecule has 14 heteroatoms. The summed E-state index contributed by atoms with van der Waals surface area (Å²) in [7, 11) is 0. The number of rotatable bonds is 16. The van der Waals surface area contributed by atoms with Gasteiger partial charge in [-0.15, -0.1) is 45.3 Å². The molecule has 0 aliphatic carbocycles. The van der Waals surface area contributed by atoms with E-state index in [0.717, 1.165) is 89.8 Å². The number of aromatic hydroxyl groups is 1. The number of aromatic nitrogens is 1. The number of aromatic amines is 1. The van der Waals surface area contributed by atoms with Crippen LogP contribution >= 0.6 is 77.2 Å². The maximum atomic E-state index is 14.3. The number of thiophene rings is 4. The number of nitrogens with one attached hydrogen (secondary N) is 1. The van der Waals surface area contributed by atoms with E-state index < -0.39 is 0 Å². The molecule has 3 aliphatic heterocycles. The number of nitrogens with zero attached hydrogens (tertiary/aromatic N) is 3. The standard InChI is InChI=1S/C30H38Br2N2O2S2.C14H8N2O2S2/c1-5-9-11-19(7-3)17-33-27(21-13-15-23(31)37-21)25-26(29(33)35)28(22-14-16-24(32)38-22)34(30(25)36)18-20(8-4)12-10-6-2;17-13-9-10(12(16-13)8-4-2-6-20-8)14(18)15-11(9)7-3-1-5-19-7/h13-16,19-20H,5-12,17-18H2,1-4H3;1-6,15,18H. The second-order valence-electron chi connectivity index (χ2n) is 14.6. The largest absolute Gasteiger partial charge is 0.494 e. The van der Waals surface area contributed by atoms with Crippen LogP contribution in [0.4, 0.5) is 0 Å². The van der Waals surface area contributed by atoms with Crippen LogP contribution in [0.3, 0.4) is 0 Å². The van der Waals surface area contributed by atoms with Gasteiger partial charge in [0.15, 0.2) is 5.88 Å². The predicted octanol–water partition coefficient (Wildman–Crippen LogP) is 13.1. The summed E-state index contributed by atoms with van der Waals surface area (Å²) in [5.41, 5.74) is 4.98. The Labute approximate surface area is 372 Å². The van der Waals surface area contributed by atoms with E-state index in [-0.39, 0.29) is 23.6 Å². The topological polar surface area (TPSA) is 106 Å². The third-order valence-corrected chi connectivity index (χ3v) is 16.0. The van der Waals surface area contributed by atoms with E-state index in [2.05, 4.69) is 69.5 Å². The molecule has 0 radical (unpaired) electrons. The summed E-state index contributed by atoms with van der Waals surface area (Å²) in [6.45, 7) is 10.1. The smallest absolute Gasteiger partial charge is 0.280 e. The highest BCUT2D eigenvalue weighted by Crippen LogP contribution is 2.50. The lowest BCUT2D eigenvalue weighted by atomic mass is 9.98. The van der Waals surface area contributed by atoms with Crippen LogP contribution < -0.4 is 0 Å². The highest BCUT2D eigenvalue weighted by Gasteiger charge is 2.50. The first kappa shape index (κ1) is 42.7. The highest BCUT2D eigenvalue weighted by molar-refractivity contribution is 9.11. The predicted molar refractivity (Wildman–Crippen MR) is 248 cm³/mol. The van der Waals surface area contributed by atoms with Crippen LogP contribution in [-0.2, 0) is 9.59 Å². The Bertz CT molecular complexity index is 2290. The monoisotopic (exact) mass is 980 g/mol. The molecule has 3 aliphatic rings. The van der Waals surface area contributed by atoms with Crippen LogP contribution in [0.1, 0.15) is 110 Å². The number of aliphatic imine (C=N–C) groups is 1. The molecule has 0 saturated carbocycles. The number of hydrogen-bond acceptors (Lipinski definition) is 8. The zero-order valence-electron chi connectivity index (χ0n) is 32.9. The molecule has 5 aromatic heterocycles. The zero-order valence-corrected chi connectivity index (χ0v) is 39.3. The number of H-pyrrole nitrogens is 1. The van der Waals surface area contributed by atoms with Crippen LogP contribution in [0.15, 0.2) is 83.0 Å². The van der Waals surface area contributed by atoms with Crippen LogP contribution in [0.5, 0.6) is 5.88 Å². The number of halogens is 2. The van der Waals surface area contributed by atoms with Crippen LogP contribution in [0, 0.1) is 11.8 Å². The normalized spacial score (nSPS) is 16.0. The molecule has 3 amide bonds. The fourth-order valence-corrected chi connectivity index (χ4v) is 12.2. The molecule has 0 bridgehead atoms. The third kappa shape index (κ3) is 8.47. The Kier molecular flexibility index (Phi) is 13.9. The molecular weight excluding hydrogens is 937 g/mol. The summed E-state index contributed by atoms with van der Waals surface area (Å²) in [4.78, 5) is 55.5. The Morgan fingerprint density at radius 2 is 1.19 bits per heavy atom. The second-order valence-corrected chi connectivity index (χ2v) is 21.5. The van der Waals surface area contributed by atoms with E-state index in [1.54, 1.807) is 22.7 Å². The molecule has 8 rings (SSSR count). The molecule has 8 nitrogen and oxygen atoms in total. The molecule has 58 heavy (non-hydrogen) atoms. The second kappa shape index (κ2) is 18.9. The SMILES string of the molecule is CCCCC(CC)CN1C(=O)C2=C(c3ccc(Br)s3)N(CC(CC)CCCC)C(=O)C2=C1c1ccc(Br)s1.O=C1N=C(c2cccs2)c2c(O)[nH]c(-c3cccs3)c21. The van der Waals surface area contributed by atoms with Crippen molar-refractivity contribution in [1.82, 2.24) is 14.8 Å². The van der Waals surface area contributed by atoms with E-state index in [1.165, 1.54) is 22.7 Å². The van der Waals surface area contributed by atoms with Gasteiger partial charge in [-0.2, -0.15) is 0 Å². The van der Waals surface area contributed by atoms with Gasteiger partial charge in [0.05, 0.1) is 72.2 Å². The lowest BCUT2D eigenvalue weighted by Crippen LogP contribution is -2.34. The van der Waals surface area contributed by atoms with Crippen molar-refractivity contribution in [1.29, 1.82) is 0 Å². The Morgan fingerprint density at radius 3 is 1.60 bits per heavy atom. The van der Waals surface area contributed by atoms with Gasteiger partial charge < -0.3 is 19.9 Å². The molecule has 5 aromatic rings. The zero-order chi connectivity index (χ0) is 41.1. The molecule has 0 aromatic carbocycles. The van der Waals surface area contributed by atoms with Gasteiger partial charge in [-0.1, -0.05) is 78.4 Å². The fourth-order valence-electron chi connectivity index (χ4n) is 7.83. The van der Waals surface area contributed by atoms with Crippen molar-refractivity contribution >= 4 is 112 Å². The van der Waals surface area contributed by atoms with E-state index in [9.17, 15) is 19.5 Å². The molecule has 2 atom stereocenters. The summed E-state index contributed by atoms with van der Waals surface area (Å²) >= 11 is 13.4. The van der Waals surface area contributed by atoms with Gasteiger partial charge in [-0.05, 0) is 104 Å². The molecule has 2 N–H and O–H groups in total. The van der Waals surface area contributed by atoms with Gasteiger partial charge in [-0.3, -0.25) is 14.4 Å². The lowest BCUT2D eigenvalue weighted by molar-refractivity contribution is -0.124. The van der Waals surface area contributed by atoms with Crippen molar-refractivity contribution in [2.75, 3.05) is 13.1 Å². The van der Waals surface area contributed by atoms with E-state index in [1.807, 2.05) is 69.1 Å². The molecule has 0 spiro atoms. The fraction of sp³-hybridized carbons (Fsp3) is 0.364. The molecule has 2 unspecified atom stereocenters. The van der Waals surface area contributed by atoms with E-state index in [0.29, 0.717) is 58.6 Å². The third-order valence-electron chi connectivity index (χ3n) is 10.9. The van der Waals surface area contributed by atoms with Gasteiger partial charge >= 0.3 is 0 Å². The number of fused-ring (bicyclic) bond motifs is 2. The quantitative estimate of drug-likeness (QED) is 0.103. The van der Waals surface area contributed by atoms with Crippen molar-refractivity contribution < 1.29 is 19.5 Å². The molecule has 0 fully saturated rings. The Hall–Kier alpha value is -3.40.